The van der Waals surface area contributed by atoms with Crippen LogP contribution in [0.2, 0.25) is 0 Å². The standard InChI is InChI=1S/C69H129NO5/c1-3-5-7-9-11-13-15-38-43-47-51-55-59-63-69(74)75-64-60-56-52-48-44-40-37-35-33-31-29-27-25-23-21-19-17-18-20-22-24-26-28-30-32-34-36-39-42-46-50-54-58-62-68(73)70-66(65-71)67(72)61-57-53-49-45-41-16-14-12-10-8-6-4-2/h13,15,21,23,27,29,57,61,66-67,71-72H,3-12,14,16-20,22,24-26,28,30-56,58-60,62-65H2,1-2H3,(H,70,73)/b15-13-,23-21-,29-27-,61-57+. The Labute approximate surface area is 467 Å². The molecule has 0 aromatic rings. The zero-order chi connectivity index (χ0) is 54.3. The molecule has 1 amide bonds. The highest BCUT2D eigenvalue weighted by Gasteiger charge is 2.18. The Bertz CT molecular complexity index is 1260. The Morgan fingerprint density at radius 1 is 0.373 bits per heavy atom. The van der Waals surface area contributed by atoms with Gasteiger partial charge in [-0.15, -0.1) is 0 Å². The quantitative estimate of drug-likeness (QED) is 0.0320. The van der Waals surface area contributed by atoms with E-state index in [1.165, 1.54) is 276 Å². The van der Waals surface area contributed by atoms with Gasteiger partial charge in [0.1, 0.15) is 0 Å². The largest absolute Gasteiger partial charge is 0.466 e. The van der Waals surface area contributed by atoms with Gasteiger partial charge in [-0.2, -0.15) is 0 Å². The molecule has 0 radical (unpaired) electrons. The highest BCUT2D eigenvalue weighted by atomic mass is 16.5. The number of nitrogens with one attached hydrogen (secondary N) is 1. The molecule has 0 saturated heterocycles. The molecule has 0 heterocycles. The van der Waals surface area contributed by atoms with E-state index >= 15 is 0 Å². The fraction of sp³-hybridized carbons (Fsp3) is 0.855. The molecule has 6 heteroatoms. The average molecular weight is 1050 g/mol. The molecule has 0 spiro atoms. The van der Waals surface area contributed by atoms with Crippen LogP contribution in [0.3, 0.4) is 0 Å². The van der Waals surface area contributed by atoms with Gasteiger partial charge in [0, 0.05) is 12.8 Å². The molecule has 0 aromatic carbocycles. The van der Waals surface area contributed by atoms with Crippen molar-refractivity contribution in [2.45, 2.75) is 366 Å². The first-order valence-corrected chi connectivity index (χ1v) is 33.4. The molecule has 75 heavy (non-hydrogen) atoms. The lowest BCUT2D eigenvalue weighted by Gasteiger charge is -2.20. The Morgan fingerprint density at radius 3 is 1.04 bits per heavy atom. The number of rotatable bonds is 62. The van der Waals surface area contributed by atoms with Crippen LogP contribution >= 0.6 is 0 Å². The van der Waals surface area contributed by atoms with Gasteiger partial charge in [-0.3, -0.25) is 9.59 Å². The van der Waals surface area contributed by atoms with Crippen LogP contribution in [-0.4, -0.2) is 47.4 Å². The molecule has 0 rings (SSSR count). The molecule has 0 aliphatic rings. The minimum atomic E-state index is -0.842. The van der Waals surface area contributed by atoms with Gasteiger partial charge in [0.15, 0.2) is 0 Å². The summed E-state index contributed by atoms with van der Waals surface area (Å²) < 4.78 is 5.47. The van der Waals surface area contributed by atoms with Crippen molar-refractivity contribution < 1.29 is 24.5 Å². The highest BCUT2D eigenvalue weighted by molar-refractivity contribution is 5.76. The summed E-state index contributed by atoms with van der Waals surface area (Å²) >= 11 is 0. The average Bonchev–Trinajstić information content (AvgIpc) is 3.41. The summed E-state index contributed by atoms with van der Waals surface area (Å²) in [4.78, 5) is 24.5. The van der Waals surface area contributed by atoms with E-state index in [0.29, 0.717) is 19.4 Å². The molecule has 2 unspecified atom stereocenters. The van der Waals surface area contributed by atoms with E-state index in [1.54, 1.807) is 6.08 Å². The van der Waals surface area contributed by atoms with Crippen LogP contribution in [0.4, 0.5) is 0 Å². The number of ether oxygens (including phenoxy) is 1. The van der Waals surface area contributed by atoms with Gasteiger partial charge in [-0.05, 0) is 89.9 Å². The van der Waals surface area contributed by atoms with Gasteiger partial charge < -0.3 is 20.3 Å². The number of carbonyl (C=O) groups excluding carboxylic acids is 2. The first-order chi connectivity index (χ1) is 37.0. The summed E-state index contributed by atoms with van der Waals surface area (Å²) in [7, 11) is 0. The van der Waals surface area contributed by atoms with Gasteiger partial charge in [-0.1, -0.05) is 300 Å². The fourth-order valence-corrected chi connectivity index (χ4v) is 10.2. The number of esters is 1. The van der Waals surface area contributed by atoms with Crippen molar-refractivity contribution in [3.8, 4) is 0 Å². The van der Waals surface area contributed by atoms with Crippen LogP contribution in [-0.2, 0) is 14.3 Å². The van der Waals surface area contributed by atoms with E-state index in [0.717, 1.165) is 51.4 Å². The molecule has 0 fully saturated rings. The third-order valence-corrected chi connectivity index (χ3v) is 15.3. The summed E-state index contributed by atoms with van der Waals surface area (Å²) in [5.41, 5.74) is 0. The summed E-state index contributed by atoms with van der Waals surface area (Å²) in [6, 6.07) is -0.626. The van der Waals surface area contributed by atoms with E-state index in [9.17, 15) is 19.8 Å². The van der Waals surface area contributed by atoms with Gasteiger partial charge in [-0.25, -0.2) is 0 Å². The maximum atomic E-state index is 12.4. The minimum absolute atomic E-state index is 0.00443. The van der Waals surface area contributed by atoms with Crippen LogP contribution in [0, 0.1) is 0 Å². The second-order valence-electron chi connectivity index (χ2n) is 22.8. The lowest BCUT2D eigenvalue weighted by atomic mass is 10.0. The second-order valence-corrected chi connectivity index (χ2v) is 22.8. The van der Waals surface area contributed by atoms with Gasteiger partial charge in [0.25, 0.3) is 0 Å². The van der Waals surface area contributed by atoms with E-state index in [2.05, 4.69) is 55.6 Å². The predicted octanol–water partition coefficient (Wildman–Crippen LogP) is 21.3. The minimum Gasteiger partial charge on any atom is -0.466 e. The van der Waals surface area contributed by atoms with Gasteiger partial charge in [0.2, 0.25) is 5.91 Å². The SMILES string of the molecule is CCCCCC/C=C\CCCCCCCC(=O)OCCCCCCCCCCC/C=C\C/C=C\CCCCCCCCCCCCCCCCCCCC(=O)NC(CO)C(O)/C=C/CCCCCCCCCCCC. The number of hydrogen-bond acceptors (Lipinski definition) is 5. The Morgan fingerprint density at radius 2 is 0.667 bits per heavy atom. The molecule has 0 aliphatic carbocycles. The molecule has 6 nitrogen and oxygen atoms in total. The molecule has 0 bridgehead atoms. The van der Waals surface area contributed by atoms with E-state index < -0.39 is 12.1 Å². The number of unbranched alkanes of at least 4 members (excludes halogenated alkanes) is 45. The normalized spacial score (nSPS) is 12.9. The summed E-state index contributed by atoms with van der Waals surface area (Å²) in [6.45, 7) is 4.89. The molecule has 3 N–H and O–H groups in total. The molecule has 440 valence electrons. The summed E-state index contributed by atoms with van der Waals surface area (Å²) in [6.07, 6.45) is 83.3. The van der Waals surface area contributed by atoms with Gasteiger partial charge >= 0.3 is 5.97 Å². The van der Waals surface area contributed by atoms with E-state index in [1.807, 2.05) is 6.08 Å². The van der Waals surface area contributed by atoms with Crippen LogP contribution in [0.1, 0.15) is 354 Å². The Kier molecular flexibility index (Phi) is 62.5. The maximum absolute atomic E-state index is 12.4. The van der Waals surface area contributed by atoms with E-state index in [-0.39, 0.29) is 18.5 Å². The van der Waals surface area contributed by atoms with Crippen LogP contribution in [0.25, 0.3) is 0 Å². The Hall–Kier alpha value is -2.18. The maximum Gasteiger partial charge on any atom is 0.305 e. The summed E-state index contributed by atoms with van der Waals surface area (Å²) in [5, 5.41) is 23.1. The number of aliphatic hydroxyl groups excluding tert-OH is 2. The monoisotopic (exact) mass is 1050 g/mol. The van der Waals surface area contributed by atoms with Crippen molar-refractivity contribution in [3.05, 3.63) is 48.6 Å². The predicted molar refractivity (Wildman–Crippen MR) is 329 cm³/mol. The first kappa shape index (κ1) is 72.8. The van der Waals surface area contributed by atoms with Crippen molar-refractivity contribution in [2.24, 2.45) is 0 Å². The second kappa shape index (κ2) is 64.3. The smallest absolute Gasteiger partial charge is 0.305 e. The topological polar surface area (TPSA) is 95.9 Å². The lowest BCUT2D eigenvalue weighted by molar-refractivity contribution is -0.143. The van der Waals surface area contributed by atoms with Crippen molar-refractivity contribution in [1.29, 1.82) is 0 Å². The number of carbonyl (C=O) groups is 2. The zero-order valence-corrected chi connectivity index (χ0v) is 50.3. The first-order valence-electron chi connectivity index (χ1n) is 33.4. The zero-order valence-electron chi connectivity index (χ0n) is 50.3. The molecule has 0 aromatic heterocycles. The Balaban J connectivity index is 3.39. The van der Waals surface area contributed by atoms with Crippen LogP contribution < -0.4 is 5.32 Å². The van der Waals surface area contributed by atoms with Crippen molar-refractivity contribution in [2.75, 3.05) is 13.2 Å². The lowest BCUT2D eigenvalue weighted by Crippen LogP contribution is -2.45. The van der Waals surface area contributed by atoms with Crippen LogP contribution in [0.15, 0.2) is 48.6 Å². The third-order valence-electron chi connectivity index (χ3n) is 15.3. The van der Waals surface area contributed by atoms with E-state index in [4.69, 9.17) is 4.74 Å². The van der Waals surface area contributed by atoms with Crippen molar-refractivity contribution in [3.63, 3.8) is 0 Å². The van der Waals surface area contributed by atoms with Crippen molar-refractivity contribution in [1.82, 2.24) is 5.32 Å². The third kappa shape index (κ3) is 60.9. The molecular formula is C69H129NO5. The van der Waals surface area contributed by atoms with Crippen molar-refractivity contribution >= 4 is 11.9 Å². The number of aliphatic hydroxyl groups is 2. The summed E-state index contributed by atoms with van der Waals surface area (Å²) in [5.74, 6) is -0.0617. The highest BCUT2D eigenvalue weighted by Crippen LogP contribution is 2.17. The molecule has 2 atom stereocenters. The number of hydrogen-bond donors (Lipinski definition) is 3. The molecule has 0 aliphatic heterocycles. The molecular weight excluding hydrogens is 923 g/mol. The number of amides is 1. The molecule has 0 saturated carbocycles. The fourth-order valence-electron chi connectivity index (χ4n) is 10.2. The number of allylic oxidation sites excluding steroid dienone is 7. The van der Waals surface area contributed by atoms with Crippen LogP contribution in [0.5, 0.6) is 0 Å². The van der Waals surface area contributed by atoms with Gasteiger partial charge in [0.05, 0.1) is 25.4 Å².